The van der Waals surface area contributed by atoms with E-state index in [-0.39, 0.29) is 42.1 Å². The molecule has 2 aromatic carbocycles. The molecule has 0 aromatic heterocycles. The van der Waals surface area contributed by atoms with Gasteiger partial charge in [-0.05, 0) is 49.1 Å². The number of halogens is 8. The lowest BCUT2D eigenvalue weighted by molar-refractivity contribution is -0.162. The van der Waals surface area contributed by atoms with Crippen molar-refractivity contribution in [3.05, 3.63) is 69.5 Å². The molecule has 14 heteroatoms. The van der Waals surface area contributed by atoms with E-state index in [1.165, 1.54) is 17.0 Å². The van der Waals surface area contributed by atoms with E-state index in [0.29, 0.717) is 25.0 Å². The van der Waals surface area contributed by atoms with Crippen LogP contribution in [0.4, 0.5) is 30.7 Å². The molecule has 0 saturated carbocycles. The molecule has 1 aliphatic rings. The predicted molar refractivity (Wildman–Crippen MR) is 129 cm³/mol. The molecule has 0 N–H and O–H groups in total. The van der Waals surface area contributed by atoms with E-state index in [1.807, 2.05) is 0 Å². The second kappa shape index (κ2) is 11.6. The van der Waals surface area contributed by atoms with Gasteiger partial charge >= 0.3 is 12.4 Å². The summed E-state index contributed by atoms with van der Waals surface area (Å²) in [6.45, 7) is -0.595. The molecule has 216 valence electrons. The highest BCUT2D eigenvalue weighted by molar-refractivity contribution is 7.85. The van der Waals surface area contributed by atoms with Gasteiger partial charge in [-0.3, -0.25) is 8.98 Å². The Balaban J connectivity index is 2.07. The Morgan fingerprint density at radius 2 is 1.72 bits per heavy atom. The summed E-state index contributed by atoms with van der Waals surface area (Å²) in [6, 6.07) is 5.53. The normalized spacial score (nSPS) is 19.2. The molecule has 39 heavy (non-hydrogen) atoms. The SMILES string of the molecule is CS(=O)(=O)OCC[C@]1(c2ccc(C(F)(F)F)c(C(F)(F)F)c2)CCCCN(C(=O)Cc2c(F)cccc2Cl)C1. The molecule has 1 saturated heterocycles. The van der Waals surface area contributed by atoms with Crippen LogP contribution in [0, 0.1) is 5.82 Å². The topological polar surface area (TPSA) is 63.7 Å². The first-order valence-corrected chi connectivity index (χ1v) is 14.0. The zero-order valence-electron chi connectivity index (χ0n) is 20.6. The summed E-state index contributed by atoms with van der Waals surface area (Å²) < 4.78 is 124. The van der Waals surface area contributed by atoms with Crippen LogP contribution in [-0.2, 0) is 43.3 Å². The monoisotopic (exact) mass is 603 g/mol. The lowest BCUT2D eigenvalue weighted by Gasteiger charge is -2.38. The van der Waals surface area contributed by atoms with Crippen LogP contribution >= 0.6 is 11.6 Å². The molecule has 0 aliphatic carbocycles. The van der Waals surface area contributed by atoms with Crippen LogP contribution in [0.2, 0.25) is 5.02 Å². The van der Waals surface area contributed by atoms with Crippen LogP contribution in [0.25, 0.3) is 0 Å². The second-order valence-electron chi connectivity index (χ2n) is 9.46. The Bertz CT molecular complexity index is 1290. The van der Waals surface area contributed by atoms with Crippen molar-refractivity contribution in [2.24, 2.45) is 0 Å². The van der Waals surface area contributed by atoms with Gasteiger partial charge in [-0.25, -0.2) is 4.39 Å². The zero-order chi connectivity index (χ0) is 29.2. The van der Waals surface area contributed by atoms with E-state index in [2.05, 4.69) is 0 Å². The van der Waals surface area contributed by atoms with Gasteiger partial charge in [0.1, 0.15) is 5.82 Å². The molecule has 0 radical (unpaired) electrons. The minimum atomic E-state index is -5.34. The van der Waals surface area contributed by atoms with E-state index in [0.717, 1.165) is 18.4 Å². The summed E-state index contributed by atoms with van der Waals surface area (Å²) in [5.74, 6) is -1.32. The Morgan fingerprint density at radius 3 is 2.31 bits per heavy atom. The number of amides is 1. The van der Waals surface area contributed by atoms with Crippen molar-refractivity contribution in [2.75, 3.05) is 26.0 Å². The summed E-state index contributed by atoms with van der Waals surface area (Å²) in [5.41, 5.74) is -5.37. The second-order valence-corrected chi connectivity index (χ2v) is 11.5. The summed E-state index contributed by atoms with van der Waals surface area (Å²) in [7, 11) is -3.95. The lowest BCUT2D eigenvalue weighted by atomic mass is 9.73. The highest BCUT2D eigenvalue weighted by Crippen LogP contribution is 2.44. The van der Waals surface area contributed by atoms with Crippen molar-refractivity contribution >= 4 is 27.6 Å². The molecule has 0 bridgehead atoms. The van der Waals surface area contributed by atoms with Gasteiger partial charge < -0.3 is 4.90 Å². The Hall–Kier alpha value is -2.38. The van der Waals surface area contributed by atoms with Gasteiger partial charge in [0.25, 0.3) is 10.1 Å². The van der Waals surface area contributed by atoms with E-state index in [1.54, 1.807) is 0 Å². The van der Waals surface area contributed by atoms with Crippen molar-refractivity contribution < 1.29 is 48.1 Å². The van der Waals surface area contributed by atoms with Crippen LogP contribution in [-0.4, -0.2) is 45.2 Å². The van der Waals surface area contributed by atoms with Crippen molar-refractivity contribution in [3.8, 4) is 0 Å². The maximum absolute atomic E-state index is 14.3. The Kier molecular flexibility index (Phi) is 9.28. The number of nitrogens with zero attached hydrogens (tertiary/aromatic N) is 1. The lowest BCUT2D eigenvalue weighted by Crippen LogP contribution is -2.44. The smallest absolute Gasteiger partial charge is 0.342 e. The quantitative estimate of drug-likeness (QED) is 0.272. The maximum Gasteiger partial charge on any atom is 0.417 e. The van der Waals surface area contributed by atoms with Crippen molar-refractivity contribution in [1.29, 1.82) is 0 Å². The predicted octanol–water partition coefficient (Wildman–Crippen LogP) is 6.38. The fourth-order valence-electron chi connectivity index (χ4n) is 4.79. The van der Waals surface area contributed by atoms with E-state index >= 15 is 0 Å². The molecule has 3 rings (SSSR count). The van der Waals surface area contributed by atoms with Crippen LogP contribution in [0.3, 0.4) is 0 Å². The minimum Gasteiger partial charge on any atom is -0.342 e. The number of carbonyl (C=O) groups excluding carboxylic acids is 1. The summed E-state index contributed by atoms with van der Waals surface area (Å²) in [4.78, 5) is 14.5. The number of alkyl halides is 6. The van der Waals surface area contributed by atoms with E-state index in [9.17, 15) is 43.9 Å². The minimum absolute atomic E-state index is 0.00328. The Labute approximate surface area is 226 Å². The molecule has 1 aliphatic heterocycles. The molecule has 5 nitrogen and oxygen atoms in total. The molecule has 2 aromatic rings. The van der Waals surface area contributed by atoms with Crippen LogP contribution in [0.5, 0.6) is 0 Å². The number of carbonyl (C=O) groups is 1. The first kappa shape index (κ1) is 31.2. The van der Waals surface area contributed by atoms with Crippen LogP contribution in [0.15, 0.2) is 36.4 Å². The highest BCUT2D eigenvalue weighted by atomic mass is 35.5. The third-order valence-electron chi connectivity index (χ3n) is 6.69. The summed E-state index contributed by atoms with van der Waals surface area (Å²) >= 11 is 6.04. The average molecular weight is 604 g/mol. The number of likely N-dealkylation sites (tertiary alicyclic amines) is 1. The van der Waals surface area contributed by atoms with Gasteiger partial charge in [0.2, 0.25) is 5.91 Å². The number of hydrogen-bond acceptors (Lipinski definition) is 4. The van der Waals surface area contributed by atoms with E-state index in [4.69, 9.17) is 15.8 Å². The van der Waals surface area contributed by atoms with Crippen LogP contribution < -0.4 is 0 Å². The molecule has 1 heterocycles. The summed E-state index contributed by atoms with van der Waals surface area (Å²) in [6.07, 6.45) is -9.61. The number of rotatable bonds is 7. The van der Waals surface area contributed by atoms with Gasteiger partial charge in [0.05, 0.1) is 30.4 Å². The largest absolute Gasteiger partial charge is 0.417 e. The van der Waals surface area contributed by atoms with Crippen molar-refractivity contribution in [1.82, 2.24) is 4.90 Å². The molecule has 0 unspecified atom stereocenters. The molecule has 1 atom stereocenters. The average Bonchev–Trinajstić information content (AvgIpc) is 3.03. The van der Waals surface area contributed by atoms with Gasteiger partial charge in [-0.1, -0.05) is 30.2 Å². The molecule has 0 spiro atoms. The standard InChI is InChI=1S/C25H25ClF7NO4S/c1-39(36,37)38-12-10-23(16-7-8-18(24(28,29)30)19(13-16)25(31,32)33)9-2-3-11-34(15-23)22(35)14-17-20(26)5-4-6-21(17)27/h4-8,13H,2-3,9-12,14-15H2,1H3/t23-/m1/s1. The van der Waals surface area contributed by atoms with Gasteiger partial charge in [-0.2, -0.15) is 34.8 Å². The molecular formula is C25H25ClF7NO4S. The van der Waals surface area contributed by atoms with Crippen LogP contribution in [0.1, 0.15) is 47.9 Å². The first-order chi connectivity index (χ1) is 17.9. The zero-order valence-corrected chi connectivity index (χ0v) is 22.2. The van der Waals surface area contributed by atoms with E-state index < -0.39 is 63.8 Å². The highest BCUT2D eigenvalue weighted by Gasteiger charge is 2.45. The van der Waals surface area contributed by atoms with Crippen molar-refractivity contribution in [3.63, 3.8) is 0 Å². The third kappa shape index (κ3) is 7.85. The number of hydrogen-bond donors (Lipinski definition) is 0. The van der Waals surface area contributed by atoms with Gasteiger partial charge in [0, 0.05) is 29.1 Å². The fraction of sp³-hybridized carbons (Fsp3) is 0.480. The first-order valence-electron chi connectivity index (χ1n) is 11.8. The maximum atomic E-state index is 14.3. The molecule has 1 fully saturated rings. The van der Waals surface area contributed by atoms with Gasteiger partial charge in [0.15, 0.2) is 0 Å². The number of benzene rings is 2. The van der Waals surface area contributed by atoms with Crippen molar-refractivity contribution in [2.45, 2.75) is 49.9 Å². The fourth-order valence-corrected chi connectivity index (χ4v) is 5.41. The summed E-state index contributed by atoms with van der Waals surface area (Å²) in [5, 5.41) is 0.00328. The Morgan fingerprint density at radius 1 is 1.05 bits per heavy atom. The van der Waals surface area contributed by atoms with Gasteiger partial charge in [-0.15, -0.1) is 0 Å². The third-order valence-corrected chi connectivity index (χ3v) is 7.64. The molecule has 1 amide bonds. The molecular weight excluding hydrogens is 579 g/mol.